The van der Waals surface area contributed by atoms with E-state index in [2.05, 4.69) is 14.6 Å². The summed E-state index contributed by atoms with van der Waals surface area (Å²) < 4.78 is 9.44. The minimum atomic E-state index is 0.489. The van der Waals surface area contributed by atoms with E-state index in [9.17, 15) is 0 Å². The van der Waals surface area contributed by atoms with E-state index < -0.39 is 0 Å². The number of nitrogen functional groups attached to an aromatic ring is 1. The Hall–Kier alpha value is -1.01. The number of hydrogen-bond donors (Lipinski definition) is 2. The molecular formula is C12H20N4OS. The highest BCUT2D eigenvalue weighted by atomic mass is 32.1. The monoisotopic (exact) mass is 268 g/mol. The summed E-state index contributed by atoms with van der Waals surface area (Å²) in [5.74, 6) is 1.19. The number of hydrogen-bond acceptors (Lipinski definition) is 6. The second kappa shape index (κ2) is 4.93. The minimum Gasteiger partial charge on any atom is -0.490 e. The van der Waals surface area contributed by atoms with Crippen LogP contribution in [0.1, 0.15) is 25.7 Å². The Balaban J connectivity index is 1.66. The first-order valence-corrected chi connectivity index (χ1v) is 7.35. The fourth-order valence-electron chi connectivity index (χ4n) is 3.12. The summed E-state index contributed by atoms with van der Waals surface area (Å²) in [4.78, 5) is 2.62. The van der Waals surface area contributed by atoms with Gasteiger partial charge in [-0.1, -0.05) is 0 Å². The number of anilines is 2. The molecule has 6 heteroatoms. The Kier molecular flexibility index (Phi) is 3.30. The third kappa shape index (κ3) is 2.14. The molecule has 3 heterocycles. The van der Waals surface area contributed by atoms with Crippen molar-refractivity contribution in [2.75, 3.05) is 31.2 Å². The van der Waals surface area contributed by atoms with Gasteiger partial charge in [0, 0.05) is 18.6 Å². The van der Waals surface area contributed by atoms with Crippen molar-refractivity contribution < 1.29 is 4.74 Å². The Morgan fingerprint density at radius 2 is 2.33 bits per heavy atom. The number of nitrogens with zero attached hydrogens (tertiary/aromatic N) is 2. The van der Waals surface area contributed by atoms with E-state index in [1.54, 1.807) is 7.11 Å². The van der Waals surface area contributed by atoms with Gasteiger partial charge in [-0.05, 0) is 43.8 Å². The maximum absolute atomic E-state index is 5.77. The van der Waals surface area contributed by atoms with Gasteiger partial charge in [-0.2, -0.15) is 4.37 Å². The average Bonchev–Trinajstić information content (AvgIpc) is 2.96. The Bertz CT molecular complexity index is 422. The van der Waals surface area contributed by atoms with E-state index in [1.165, 1.54) is 50.3 Å². The van der Waals surface area contributed by atoms with Crippen LogP contribution in [0.4, 0.5) is 10.8 Å². The molecule has 0 amide bonds. The van der Waals surface area contributed by atoms with Crippen molar-refractivity contribution >= 4 is 22.4 Å². The topological polar surface area (TPSA) is 63.4 Å². The quantitative estimate of drug-likeness (QED) is 0.875. The summed E-state index contributed by atoms with van der Waals surface area (Å²) in [7, 11) is 1.64. The Morgan fingerprint density at radius 1 is 1.44 bits per heavy atom. The van der Waals surface area contributed by atoms with Gasteiger partial charge in [0.1, 0.15) is 0 Å². The maximum Gasteiger partial charge on any atom is 0.197 e. The first-order chi connectivity index (χ1) is 8.78. The number of fused-ring (bicyclic) bond motifs is 1. The first-order valence-electron chi connectivity index (χ1n) is 6.57. The third-order valence-electron chi connectivity index (χ3n) is 4.03. The first kappa shape index (κ1) is 12.0. The van der Waals surface area contributed by atoms with Gasteiger partial charge >= 0.3 is 0 Å². The van der Waals surface area contributed by atoms with Crippen molar-refractivity contribution in [3.05, 3.63) is 0 Å². The molecule has 0 aliphatic carbocycles. The Labute approximate surface area is 111 Å². The fourth-order valence-corrected chi connectivity index (χ4v) is 3.89. The number of piperidine rings is 1. The minimum absolute atomic E-state index is 0.489. The lowest BCUT2D eigenvalue weighted by molar-refractivity contribution is 0.188. The number of nitrogens with two attached hydrogens (primary N) is 1. The molecule has 0 radical (unpaired) electrons. The fraction of sp³-hybridized carbons (Fsp3) is 0.750. The SMILES string of the molecule is COc1c(N)nsc1NC1CCN2CCCC2C1. The van der Waals surface area contributed by atoms with E-state index in [-0.39, 0.29) is 0 Å². The zero-order chi connectivity index (χ0) is 12.5. The Morgan fingerprint density at radius 3 is 3.17 bits per heavy atom. The van der Waals surface area contributed by atoms with Gasteiger partial charge in [0.2, 0.25) is 0 Å². The highest BCUT2D eigenvalue weighted by molar-refractivity contribution is 7.11. The molecule has 2 aliphatic heterocycles. The molecule has 18 heavy (non-hydrogen) atoms. The van der Waals surface area contributed by atoms with Crippen molar-refractivity contribution in [3.63, 3.8) is 0 Å². The molecule has 2 unspecified atom stereocenters. The molecule has 2 atom stereocenters. The summed E-state index contributed by atoms with van der Waals surface area (Å²) in [6.45, 7) is 2.49. The molecule has 3 N–H and O–H groups in total. The lowest BCUT2D eigenvalue weighted by atomic mass is 9.98. The van der Waals surface area contributed by atoms with Crippen LogP contribution in [0.2, 0.25) is 0 Å². The number of ether oxygens (including phenoxy) is 1. The van der Waals surface area contributed by atoms with Crippen LogP contribution in [-0.4, -0.2) is 41.6 Å². The summed E-state index contributed by atoms with van der Waals surface area (Å²) >= 11 is 1.39. The number of rotatable bonds is 3. The maximum atomic E-state index is 5.77. The molecule has 5 nitrogen and oxygen atoms in total. The molecule has 2 fully saturated rings. The van der Waals surface area contributed by atoms with Crippen molar-refractivity contribution in [1.29, 1.82) is 0 Å². The molecule has 0 saturated carbocycles. The molecule has 0 aromatic carbocycles. The van der Waals surface area contributed by atoms with E-state index in [1.807, 2.05) is 0 Å². The van der Waals surface area contributed by atoms with Gasteiger partial charge in [0.05, 0.1) is 7.11 Å². The van der Waals surface area contributed by atoms with Crippen LogP contribution >= 0.6 is 11.5 Å². The van der Waals surface area contributed by atoms with Crippen LogP contribution in [0.15, 0.2) is 0 Å². The number of aromatic nitrogens is 1. The molecule has 2 aliphatic rings. The van der Waals surface area contributed by atoms with Crippen LogP contribution in [0.5, 0.6) is 5.75 Å². The predicted octanol–water partition coefficient (Wildman–Crippen LogP) is 1.77. The summed E-state index contributed by atoms with van der Waals surface area (Å²) in [5.41, 5.74) is 5.77. The van der Waals surface area contributed by atoms with Gasteiger partial charge in [0.25, 0.3) is 0 Å². The van der Waals surface area contributed by atoms with Gasteiger partial charge in [0.15, 0.2) is 16.6 Å². The van der Waals surface area contributed by atoms with Crippen LogP contribution in [0, 0.1) is 0 Å². The van der Waals surface area contributed by atoms with Gasteiger partial charge in [-0.25, -0.2) is 0 Å². The summed E-state index contributed by atoms with van der Waals surface area (Å²) in [5, 5.41) is 4.54. The van der Waals surface area contributed by atoms with Crippen LogP contribution in [0.25, 0.3) is 0 Å². The largest absolute Gasteiger partial charge is 0.490 e. The van der Waals surface area contributed by atoms with Crippen LogP contribution in [0.3, 0.4) is 0 Å². The highest BCUT2D eigenvalue weighted by Gasteiger charge is 2.32. The zero-order valence-corrected chi connectivity index (χ0v) is 11.5. The highest BCUT2D eigenvalue weighted by Crippen LogP contribution is 2.37. The van der Waals surface area contributed by atoms with Crippen molar-refractivity contribution in [1.82, 2.24) is 9.27 Å². The average molecular weight is 268 g/mol. The predicted molar refractivity (Wildman–Crippen MR) is 74.3 cm³/mol. The van der Waals surface area contributed by atoms with Gasteiger partial charge < -0.3 is 20.7 Å². The number of methoxy groups -OCH3 is 1. The van der Waals surface area contributed by atoms with E-state index in [0.717, 1.165) is 11.0 Å². The van der Waals surface area contributed by atoms with Crippen molar-refractivity contribution in [3.8, 4) is 5.75 Å². The lowest BCUT2D eigenvalue weighted by Crippen LogP contribution is -2.42. The van der Waals surface area contributed by atoms with E-state index >= 15 is 0 Å². The van der Waals surface area contributed by atoms with E-state index in [4.69, 9.17) is 10.5 Å². The molecule has 3 rings (SSSR count). The molecule has 0 spiro atoms. The van der Waals surface area contributed by atoms with Crippen molar-refractivity contribution in [2.45, 2.75) is 37.8 Å². The van der Waals surface area contributed by atoms with Gasteiger partial charge in [-0.3, -0.25) is 0 Å². The molecule has 1 aromatic heterocycles. The van der Waals surface area contributed by atoms with Crippen molar-refractivity contribution in [2.24, 2.45) is 0 Å². The molecule has 1 aromatic rings. The summed E-state index contributed by atoms with van der Waals surface area (Å²) in [6, 6.07) is 1.30. The summed E-state index contributed by atoms with van der Waals surface area (Å²) in [6.07, 6.45) is 5.12. The van der Waals surface area contributed by atoms with Crippen LogP contribution in [-0.2, 0) is 0 Å². The standard InChI is InChI=1S/C12H20N4OS/c1-17-10-11(13)15-18-12(10)14-8-4-6-16-5-2-3-9(16)7-8/h8-9,14H,2-7H2,1H3,(H2,13,15). The molecule has 2 saturated heterocycles. The lowest BCUT2D eigenvalue weighted by Gasteiger charge is -2.35. The second-order valence-corrected chi connectivity index (χ2v) is 5.90. The molecule has 100 valence electrons. The van der Waals surface area contributed by atoms with E-state index in [0.29, 0.717) is 17.6 Å². The second-order valence-electron chi connectivity index (χ2n) is 5.13. The third-order valence-corrected chi connectivity index (χ3v) is 4.81. The normalized spacial score (nSPS) is 28.1. The number of nitrogens with one attached hydrogen (secondary N) is 1. The smallest absolute Gasteiger partial charge is 0.197 e. The zero-order valence-electron chi connectivity index (χ0n) is 10.7. The van der Waals surface area contributed by atoms with Crippen LogP contribution < -0.4 is 15.8 Å². The van der Waals surface area contributed by atoms with Gasteiger partial charge in [-0.15, -0.1) is 0 Å². The molecular weight excluding hydrogens is 248 g/mol. The molecule has 0 bridgehead atoms.